The molecule has 1 nitrogen and oxygen atoms in total. The van der Waals surface area contributed by atoms with Crippen LogP contribution in [0.5, 0.6) is 0 Å². The second-order valence-electron chi connectivity index (χ2n) is 5.05. The maximum atomic E-state index is 6.22. The van der Waals surface area contributed by atoms with E-state index in [-0.39, 0.29) is 6.04 Å². The first kappa shape index (κ1) is 16.0. The van der Waals surface area contributed by atoms with Gasteiger partial charge in [0.05, 0.1) is 9.83 Å². The summed E-state index contributed by atoms with van der Waals surface area (Å²) in [7, 11) is 0. The molecule has 0 bridgehead atoms. The van der Waals surface area contributed by atoms with Gasteiger partial charge in [-0.2, -0.15) is 0 Å². The maximum absolute atomic E-state index is 6.22. The lowest BCUT2D eigenvalue weighted by molar-refractivity contribution is 0.636. The van der Waals surface area contributed by atoms with Crippen molar-refractivity contribution in [2.45, 2.75) is 33.7 Å². The lowest BCUT2D eigenvalue weighted by Crippen LogP contribution is -2.22. The van der Waals surface area contributed by atoms with Gasteiger partial charge in [0.25, 0.3) is 0 Å². The number of nitrogens with one attached hydrogen (secondary N) is 1. The summed E-state index contributed by atoms with van der Waals surface area (Å²) in [6.07, 6.45) is 0. The molecule has 0 fully saturated rings. The molecule has 0 saturated heterocycles. The SMILES string of the molecule is CCNC(c1cc(C)c(Br)s1)c1cc(C)c(Cl)cc1C. The predicted octanol–water partition coefficient (Wildman–Crippen LogP) is 5.79. The molecule has 0 aliphatic carbocycles. The topological polar surface area (TPSA) is 12.0 Å². The molecule has 1 aromatic heterocycles. The highest BCUT2D eigenvalue weighted by molar-refractivity contribution is 9.11. The highest BCUT2D eigenvalue weighted by Crippen LogP contribution is 2.36. The summed E-state index contributed by atoms with van der Waals surface area (Å²) in [4.78, 5) is 1.33. The van der Waals surface area contributed by atoms with Crippen LogP contribution in [0.4, 0.5) is 0 Å². The summed E-state index contributed by atoms with van der Waals surface area (Å²) in [5, 5.41) is 4.43. The van der Waals surface area contributed by atoms with E-state index in [1.165, 1.54) is 25.4 Å². The molecule has 4 heteroatoms. The van der Waals surface area contributed by atoms with E-state index in [4.69, 9.17) is 11.6 Å². The zero-order valence-corrected chi connectivity index (χ0v) is 15.3. The van der Waals surface area contributed by atoms with Crippen LogP contribution in [0.25, 0.3) is 0 Å². The zero-order valence-electron chi connectivity index (χ0n) is 12.2. The third-order valence-electron chi connectivity index (χ3n) is 3.43. The molecule has 1 heterocycles. The van der Waals surface area contributed by atoms with E-state index in [1.54, 1.807) is 11.3 Å². The van der Waals surface area contributed by atoms with Gasteiger partial charge in [0.1, 0.15) is 0 Å². The molecule has 0 amide bonds. The first-order valence-corrected chi connectivity index (χ1v) is 8.68. The minimum Gasteiger partial charge on any atom is -0.306 e. The molecular weight excluding hydrogens is 354 g/mol. The van der Waals surface area contributed by atoms with Crippen molar-refractivity contribution < 1.29 is 0 Å². The minimum atomic E-state index is 0.228. The Morgan fingerprint density at radius 2 is 1.85 bits per heavy atom. The molecule has 0 saturated carbocycles. The van der Waals surface area contributed by atoms with Crippen molar-refractivity contribution in [2.24, 2.45) is 0 Å². The number of hydrogen-bond acceptors (Lipinski definition) is 2. The van der Waals surface area contributed by atoms with Gasteiger partial charge in [-0.1, -0.05) is 24.6 Å². The quantitative estimate of drug-likeness (QED) is 0.716. The van der Waals surface area contributed by atoms with Crippen LogP contribution in [0, 0.1) is 20.8 Å². The molecule has 0 aliphatic heterocycles. The number of benzene rings is 1. The van der Waals surface area contributed by atoms with Gasteiger partial charge in [-0.05, 0) is 77.6 Å². The summed E-state index contributed by atoms with van der Waals surface area (Å²) >= 11 is 11.6. The normalized spacial score (nSPS) is 12.7. The van der Waals surface area contributed by atoms with Gasteiger partial charge in [0, 0.05) is 9.90 Å². The molecule has 1 atom stereocenters. The lowest BCUT2D eigenvalue weighted by atomic mass is 9.97. The van der Waals surface area contributed by atoms with Crippen LogP contribution in [0.15, 0.2) is 22.0 Å². The summed E-state index contributed by atoms with van der Waals surface area (Å²) in [5.74, 6) is 0. The van der Waals surface area contributed by atoms with Crippen molar-refractivity contribution >= 4 is 38.9 Å². The Morgan fingerprint density at radius 1 is 1.15 bits per heavy atom. The maximum Gasteiger partial charge on any atom is 0.0731 e. The van der Waals surface area contributed by atoms with Crippen LogP contribution < -0.4 is 5.32 Å². The van der Waals surface area contributed by atoms with Crippen molar-refractivity contribution in [3.63, 3.8) is 0 Å². The van der Waals surface area contributed by atoms with Gasteiger partial charge in [-0.15, -0.1) is 11.3 Å². The van der Waals surface area contributed by atoms with E-state index in [1.807, 2.05) is 0 Å². The van der Waals surface area contributed by atoms with Crippen molar-refractivity contribution in [2.75, 3.05) is 6.54 Å². The molecular formula is C16H19BrClNS. The Kier molecular flexibility index (Phi) is 5.30. The van der Waals surface area contributed by atoms with E-state index >= 15 is 0 Å². The van der Waals surface area contributed by atoms with Crippen LogP contribution in [0.2, 0.25) is 5.02 Å². The summed E-state index contributed by atoms with van der Waals surface area (Å²) in [5.41, 5.74) is 4.95. The van der Waals surface area contributed by atoms with Crippen LogP contribution in [0.3, 0.4) is 0 Å². The number of thiophene rings is 1. The second kappa shape index (κ2) is 6.61. The fourth-order valence-corrected chi connectivity index (χ4v) is 4.19. The Labute approximate surface area is 138 Å². The minimum absolute atomic E-state index is 0.228. The third-order valence-corrected chi connectivity index (χ3v) is 6.04. The van der Waals surface area contributed by atoms with Gasteiger partial charge in [-0.3, -0.25) is 0 Å². The molecule has 20 heavy (non-hydrogen) atoms. The smallest absolute Gasteiger partial charge is 0.0731 e. The van der Waals surface area contributed by atoms with Gasteiger partial charge in [-0.25, -0.2) is 0 Å². The monoisotopic (exact) mass is 371 g/mol. The predicted molar refractivity (Wildman–Crippen MR) is 93.2 cm³/mol. The highest BCUT2D eigenvalue weighted by Gasteiger charge is 2.19. The summed E-state index contributed by atoms with van der Waals surface area (Å²) < 4.78 is 1.21. The van der Waals surface area contributed by atoms with Crippen molar-refractivity contribution in [3.05, 3.63) is 54.1 Å². The molecule has 0 radical (unpaired) electrons. The molecule has 1 N–H and O–H groups in total. The lowest BCUT2D eigenvalue weighted by Gasteiger charge is -2.20. The van der Waals surface area contributed by atoms with Crippen molar-refractivity contribution in [3.8, 4) is 0 Å². The van der Waals surface area contributed by atoms with Gasteiger partial charge in [0.15, 0.2) is 0 Å². The Morgan fingerprint density at radius 3 is 2.40 bits per heavy atom. The number of rotatable bonds is 4. The average Bonchev–Trinajstić information content (AvgIpc) is 2.71. The van der Waals surface area contributed by atoms with Crippen LogP contribution >= 0.6 is 38.9 Å². The van der Waals surface area contributed by atoms with Crippen LogP contribution in [0.1, 0.15) is 40.1 Å². The molecule has 2 rings (SSSR count). The molecule has 1 unspecified atom stereocenters. The van der Waals surface area contributed by atoms with Crippen LogP contribution in [-0.2, 0) is 0 Å². The number of hydrogen-bond donors (Lipinski definition) is 1. The molecule has 108 valence electrons. The van der Waals surface area contributed by atoms with E-state index in [0.717, 1.165) is 17.1 Å². The van der Waals surface area contributed by atoms with E-state index < -0.39 is 0 Å². The largest absolute Gasteiger partial charge is 0.306 e. The van der Waals surface area contributed by atoms with Gasteiger partial charge in [0.2, 0.25) is 0 Å². The average molecular weight is 373 g/mol. The van der Waals surface area contributed by atoms with Crippen molar-refractivity contribution in [1.29, 1.82) is 0 Å². The first-order chi connectivity index (χ1) is 9.43. The van der Waals surface area contributed by atoms with Gasteiger partial charge >= 0.3 is 0 Å². The summed E-state index contributed by atoms with van der Waals surface area (Å²) in [6.45, 7) is 9.39. The molecule has 0 spiro atoms. The number of aryl methyl sites for hydroxylation is 3. The third kappa shape index (κ3) is 3.28. The van der Waals surface area contributed by atoms with E-state index in [0.29, 0.717) is 0 Å². The molecule has 0 aliphatic rings. The number of halogens is 2. The Bertz CT molecular complexity index is 602. The van der Waals surface area contributed by atoms with Crippen LogP contribution in [-0.4, -0.2) is 6.54 Å². The summed E-state index contributed by atoms with van der Waals surface area (Å²) in [6, 6.07) is 6.75. The fourth-order valence-electron chi connectivity index (χ4n) is 2.31. The Hall–Kier alpha value is -0.350. The van der Waals surface area contributed by atoms with E-state index in [9.17, 15) is 0 Å². The first-order valence-electron chi connectivity index (χ1n) is 6.69. The molecule has 2 aromatic rings. The zero-order chi connectivity index (χ0) is 14.9. The highest BCUT2D eigenvalue weighted by atomic mass is 79.9. The standard InChI is InChI=1S/C16H19BrClNS/c1-5-19-15(14-8-11(4)16(17)20-14)12-6-10(3)13(18)7-9(12)2/h6-8,15,19H,5H2,1-4H3. The van der Waals surface area contributed by atoms with Crippen molar-refractivity contribution in [1.82, 2.24) is 5.32 Å². The van der Waals surface area contributed by atoms with E-state index in [2.05, 4.69) is 67.1 Å². The second-order valence-corrected chi connectivity index (χ2v) is 7.86. The fraction of sp³-hybridized carbons (Fsp3) is 0.375. The Balaban J connectivity index is 2.50. The molecule has 1 aromatic carbocycles. The van der Waals surface area contributed by atoms with Gasteiger partial charge < -0.3 is 5.32 Å².